The molecule has 90 valence electrons. The minimum Gasteiger partial charge on any atom is -0.326 e. The van der Waals surface area contributed by atoms with E-state index in [9.17, 15) is 4.79 Å². The highest BCUT2D eigenvalue weighted by atomic mass is 32.1. The first-order valence-corrected chi connectivity index (χ1v) is 6.49. The van der Waals surface area contributed by atoms with Gasteiger partial charge in [-0.2, -0.15) is 5.10 Å². The Morgan fingerprint density at radius 3 is 2.94 bits per heavy atom. The van der Waals surface area contributed by atoms with E-state index in [1.165, 1.54) is 4.68 Å². The second-order valence-corrected chi connectivity index (χ2v) is 4.71. The highest BCUT2D eigenvalue weighted by Crippen LogP contribution is 2.22. The summed E-state index contributed by atoms with van der Waals surface area (Å²) in [6.45, 7) is 2.91. The van der Waals surface area contributed by atoms with E-state index in [2.05, 4.69) is 5.10 Å². The van der Waals surface area contributed by atoms with Gasteiger partial charge in [-0.25, -0.2) is 4.68 Å². The minimum atomic E-state index is -0.0744. The molecule has 0 spiro atoms. The number of nitrogens with two attached hydrogens (primary N) is 1. The summed E-state index contributed by atoms with van der Waals surface area (Å²) in [5, 5.41) is 6.37. The van der Waals surface area contributed by atoms with Crippen LogP contribution in [-0.2, 0) is 13.1 Å². The van der Waals surface area contributed by atoms with Crippen LogP contribution in [-0.4, -0.2) is 9.78 Å². The summed E-state index contributed by atoms with van der Waals surface area (Å²) in [4.78, 5) is 13.0. The number of hydrogen-bond acceptors (Lipinski definition) is 4. The normalized spacial score (nSPS) is 10.7. The molecule has 0 aromatic carbocycles. The van der Waals surface area contributed by atoms with Crippen LogP contribution in [0.2, 0.25) is 0 Å². The SMILES string of the molecule is CCCn1nc(-c2cccs2)cc(CN)c1=O. The van der Waals surface area contributed by atoms with Crippen molar-refractivity contribution in [2.75, 3.05) is 0 Å². The Kier molecular flexibility index (Phi) is 3.71. The first kappa shape index (κ1) is 12.0. The molecule has 0 aliphatic rings. The molecule has 17 heavy (non-hydrogen) atoms. The average molecular weight is 249 g/mol. The zero-order chi connectivity index (χ0) is 12.3. The molecule has 0 unspecified atom stereocenters. The molecule has 0 fully saturated rings. The zero-order valence-electron chi connectivity index (χ0n) is 9.72. The number of hydrogen-bond donors (Lipinski definition) is 1. The fourth-order valence-corrected chi connectivity index (χ4v) is 2.33. The molecule has 2 N–H and O–H groups in total. The van der Waals surface area contributed by atoms with E-state index in [0.29, 0.717) is 12.1 Å². The Labute approximate surface area is 104 Å². The zero-order valence-corrected chi connectivity index (χ0v) is 10.5. The van der Waals surface area contributed by atoms with E-state index < -0.39 is 0 Å². The van der Waals surface area contributed by atoms with Crippen molar-refractivity contribution in [2.45, 2.75) is 26.4 Å². The van der Waals surface area contributed by atoms with Gasteiger partial charge < -0.3 is 5.73 Å². The average Bonchev–Trinajstić information content (AvgIpc) is 2.85. The number of aryl methyl sites for hydroxylation is 1. The highest BCUT2D eigenvalue weighted by Gasteiger charge is 2.08. The third-order valence-electron chi connectivity index (χ3n) is 2.48. The Hall–Kier alpha value is -1.46. The van der Waals surface area contributed by atoms with Gasteiger partial charge in [-0.05, 0) is 23.9 Å². The second kappa shape index (κ2) is 5.25. The summed E-state index contributed by atoms with van der Waals surface area (Å²) in [6, 6.07) is 5.76. The maximum Gasteiger partial charge on any atom is 0.271 e. The van der Waals surface area contributed by atoms with Crippen molar-refractivity contribution in [2.24, 2.45) is 5.73 Å². The summed E-state index contributed by atoms with van der Waals surface area (Å²) < 4.78 is 1.51. The lowest BCUT2D eigenvalue weighted by atomic mass is 10.2. The summed E-state index contributed by atoms with van der Waals surface area (Å²) in [5.74, 6) is 0. The Morgan fingerprint density at radius 2 is 2.35 bits per heavy atom. The van der Waals surface area contributed by atoms with Gasteiger partial charge in [-0.15, -0.1) is 11.3 Å². The Balaban J connectivity index is 2.55. The van der Waals surface area contributed by atoms with Crippen molar-refractivity contribution in [3.63, 3.8) is 0 Å². The lowest BCUT2D eigenvalue weighted by molar-refractivity contribution is 0.565. The summed E-state index contributed by atoms with van der Waals surface area (Å²) in [7, 11) is 0. The molecule has 0 saturated carbocycles. The molecule has 0 amide bonds. The molecule has 2 aromatic rings. The van der Waals surface area contributed by atoms with Crippen molar-refractivity contribution in [3.05, 3.63) is 39.5 Å². The molecule has 2 heterocycles. The van der Waals surface area contributed by atoms with Crippen molar-refractivity contribution in [1.82, 2.24) is 9.78 Å². The molecule has 5 heteroatoms. The monoisotopic (exact) mass is 249 g/mol. The molecule has 0 aliphatic heterocycles. The topological polar surface area (TPSA) is 60.9 Å². The number of thiophene rings is 1. The molecular weight excluding hydrogens is 234 g/mol. The van der Waals surface area contributed by atoms with Gasteiger partial charge in [-0.1, -0.05) is 13.0 Å². The van der Waals surface area contributed by atoms with E-state index >= 15 is 0 Å². The predicted octanol–water partition coefficient (Wildman–Crippen LogP) is 1.84. The molecule has 0 radical (unpaired) electrons. The van der Waals surface area contributed by atoms with Gasteiger partial charge in [0.15, 0.2) is 0 Å². The highest BCUT2D eigenvalue weighted by molar-refractivity contribution is 7.13. The van der Waals surface area contributed by atoms with Gasteiger partial charge >= 0.3 is 0 Å². The summed E-state index contributed by atoms with van der Waals surface area (Å²) >= 11 is 1.61. The van der Waals surface area contributed by atoms with E-state index in [0.717, 1.165) is 17.0 Å². The van der Waals surface area contributed by atoms with Gasteiger partial charge in [0.25, 0.3) is 5.56 Å². The largest absolute Gasteiger partial charge is 0.326 e. The van der Waals surface area contributed by atoms with Crippen LogP contribution in [0.15, 0.2) is 28.4 Å². The van der Waals surface area contributed by atoms with E-state index in [1.807, 2.05) is 24.4 Å². The molecular formula is C12H15N3OS. The molecule has 4 nitrogen and oxygen atoms in total. The first-order valence-electron chi connectivity index (χ1n) is 5.61. The standard InChI is InChI=1S/C12H15N3OS/c1-2-5-15-12(16)9(8-13)7-10(14-15)11-4-3-6-17-11/h3-4,6-7H,2,5,8,13H2,1H3. The molecule has 0 atom stereocenters. The van der Waals surface area contributed by atoms with Crippen LogP contribution in [0.1, 0.15) is 18.9 Å². The molecule has 0 bridgehead atoms. The lowest BCUT2D eigenvalue weighted by Crippen LogP contribution is -2.27. The first-order chi connectivity index (χ1) is 8.26. The van der Waals surface area contributed by atoms with Crippen molar-refractivity contribution >= 4 is 11.3 Å². The van der Waals surface area contributed by atoms with Crippen LogP contribution in [0.5, 0.6) is 0 Å². The summed E-state index contributed by atoms with van der Waals surface area (Å²) in [5.41, 5.74) is 6.98. The van der Waals surface area contributed by atoms with E-state index in [-0.39, 0.29) is 12.1 Å². The molecule has 2 rings (SSSR count). The van der Waals surface area contributed by atoms with Gasteiger partial charge in [-0.3, -0.25) is 4.79 Å². The maximum absolute atomic E-state index is 11.9. The number of aromatic nitrogens is 2. The van der Waals surface area contributed by atoms with Gasteiger partial charge in [0, 0.05) is 18.7 Å². The fraction of sp³-hybridized carbons (Fsp3) is 0.333. The second-order valence-electron chi connectivity index (χ2n) is 3.76. The van der Waals surface area contributed by atoms with Gasteiger partial charge in [0.2, 0.25) is 0 Å². The van der Waals surface area contributed by atoms with Crippen molar-refractivity contribution in [1.29, 1.82) is 0 Å². The van der Waals surface area contributed by atoms with Gasteiger partial charge in [0.1, 0.15) is 5.69 Å². The lowest BCUT2D eigenvalue weighted by Gasteiger charge is -2.07. The van der Waals surface area contributed by atoms with Crippen LogP contribution in [0.25, 0.3) is 10.6 Å². The Morgan fingerprint density at radius 1 is 1.53 bits per heavy atom. The molecule has 2 aromatic heterocycles. The van der Waals surface area contributed by atoms with Crippen LogP contribution >= 0.6 is 11.3 Å². The smallest absolute Gasteiger partial charge is 0.271 e. The van der Waals surface area contributed by atoms with E-state index in [1.54, 1.807) is 17.4 Å². The van der Waals surface area contributed by atoms with Crippen molar-refractivity contribution < 1.29 is 0 Å². The quantitative estimate of drug-likeness (QED) is 0.899. The third-order valence-corrected chi connectivity index (χ3v) is 3.37. The summed E-state index contributed by atoms with van der Waals surface area (Å²) in [6.07, 6.45) is 0.880. The van der Waals surface area contributed by atoms with Crippen LogP contribution in [0.4, 0.5) is 0 Å². The Bertz CT molecular complexity index is 545. The van der Waals surface area contributed by atoms with Crippen LogP contribution in [0, 0.1) is 0 Å². The van der Waals surface area contributed by atoms with Crippen molar-refractivity contribution in [3.8, 4) is 10.6 Å². The van der Waals surface area contributed by atoms with Crippen LogP contribution < -0.4 is 11.3 Å². The van der Waals surface area contributed by atoms with Gasteiger partial charge in [0.05, 0.1) is 4.88 Å². The minimum absolute atomic E-state index is 0.0744. The van der Waals surface area contributed by atoms with E-state index in [4.69, 9.17) is 5.73 Å². The molecule has 0 saturated heterocycles. The third kappa shape index (κ3) is 2.45. The number of rotatable bonds is 4. The molecule has 0 aliphatic carbocycles. The van der Waals surface area contributed by atoms with Crippen LogP contribution in [0.3, 0.4) is 0 Å². The number of nitrogens with zero attached hydrogens (tertiary/aromatic N) is 2. The maximum atomic E-state index is 11.9. The fourth-order valence-electron chi connectivity index (χ4n) is 1.65. The predicted molar refractivity (Wildman–Crippen MR) is 70.0 cm³/mol.